The first-order chi connectivity index (χ1) is 13.3. The SMILES string of the molecule is CN(CC(=O)NCCc1ccc(S(N)(=O)=O)cc1)[C@@H]1CCCc2ccccc21. The molecule has 0 saturated heterocycles. The number of hydrogen-bond donors (Lipinski definition) is 2. The number of aryl methyl sites for hydroxylation is 1. The number of carbonyl (C=O) groups excluding carboxylic acids is 1. The number of carbonyl (C=O) groups is 1. The van der Waals surface area contributed by atoms with E-state index in [1.807, 2.05) is 7.05 Å². The Morgan fingerprint density at radius 1 is 1.18 bits per heavy atom. The molecule has 3 N–H and O–H groups in total. The summed E-state index contributed by atoms with van der Waals surface area (Å²) in [5.74, 6) is -0.00768. The maximum absolute atomic E-state index is 12.3. The van der Waals surface area contributed by atoms with Crippen LogP contribution in [-0.4, -0.2) is 39.4 Å². The molecule has 0 spiro atoms. The van der Waals surface area contributed by atoms with Gasteiger partial charge in [0.15, 0.2) is 0 Å². The summed E-state index contributed by atoms with van der Waals surface area (Å²) >= 11 is 0. The topological polar surface area (TPSA) is 92.5 Å². The second kappa shape index (κ2) is 8.86. The number of fused-ring (bicyclic) bond motifs is 1. The van der Waals surface area contributed by atoms with Crippen molar-refractivity contribution in [2.45, 2.75) is 36.6 Å². The van der Waals surface area contributed by atoms with E-state index in [0.29, 0.717) is 19.5 Å². The van der Waals surface area contributed by atoms with Gasteiger partial charge in [-0.05, 0) is 61.6 Å². The molecule has 6 nitrogen and oxygen atoms in total. The van der Waals surface area contributed by atoms with E-state index in [-0.39, 0.29) is 16.8 Å². The van der Waals surface area contributed by atoms with E-state index in [1.54, 1.807) is 12.1 Å². The first-order valence-electron chi connectivity index (χ1n) is 9.51. The molecule has 0 aromatic heterocycles. The van der Waals surface area contributed by atoms with Crippen molar-refractivity contribution in [3.63, 3.8) is 0 Å². The molecule has 2 aromatic carbocycles. The zero-order chi connectivity index (χ0) is 20.1. The van der Waals surface area contributed by atoms with E-state index >= 15 is 0 Å². The van der Waals surface area contributed by atoms with Crippen molar-refractivity contribution in [3.8, 4) is 0 Å². The summed E-state index contributed by atoms with van der Waals surface area (Å²) in [6.45, 7) is 0.853. The van der Waals surface area contributed by atoms with Crippen LogP contribution in [0.2, 0.25) is 0 Å². The zero-order valence-electron chi connectivity index (χ0n) is 16.1. The minimum Gasteiger partial charge on any atom is -0.355 e. The fourth-order valence-electron chi connectivity index (χ4n) is 3.77. The second-order valence-electron chi connectivity index (χ2n) is 7.31. The summed E-state index contributed by atoms with van der Waals surface area (Å²) in [4.78, 5) is 14.5. The lowest BCUT2D eigenvalue weighted by Crippen LogP contribution is -2.38. The third kappa shape index (κ3) is 5.19. The Morgan fingerprint density at radius 3 is 2.61 bits per heavy atom. The predicted octanol–water partition coefficient (Wildman–Crippen LogP) is 2.00. The second-order valence-corrected chi connectivity index (χ2v) is 8.87. The van der Waals surface area contributed by atoms with E-state index in [0.717, 1.165) is 24.8 Å². The summed E-state index contributed by atoms with van der Waals surface area (Å²) in [6, 6.07) is 15.2. The van der Waals surface area contributed by atoms with E-state index in [1.165, 1.54) is 23.3 Å². The molecular formula is C21H27N3O3S. The summed E-state index contributed by atoms with van der Waals surface area (Å²) in [6.07, 6.45) is 3.95. The van der Waals surface area contributed by atoms with Crippen LogP contribution in [-0.2, 0) is 27.7 Å². The Hall–Kier alpha value is -2.22. The molecule has 1 atom stereocenters. The van der Waals surface area contributed by atoms with Gasteiger partial charge in [-0.1, -0.05) is 36.4 Å². The number of likely N-dealkylation sites (N-methyl/N-ethyl adjacent to an activating group) is 1. The molecule has 0 aliphatic heterocycles. The molecule has 2 aromatic rings. The van der Waals surface area contributed by atoms with Gasteiger partial charge in [0.1, 0.15) is 0 Å². The predicted molar refractivity (Wildman–Crippen MR) is 109 cm³/mol. The first kappa shape index (κ1) is 20.5. The van der Waals surface area contributed by atoms with Crippen LogP contribution in [0.4, 0.5) is 0 Å². The van der Waals surface area contributed by atoms with Crippen LogP contribution in [0.15, 0.2) is 53.4 Å². The fourth-order valence-corrected chi connectivity index (χ4v) is 4.29. The van der Waals surface area contributed by atoms with Gasteiger partial charge in [-0.25, -0.2) is 13.6 Å². The number of amides is 1. The van der Waals surface area contributed by atoms with Gasteiger partial charge in [0.2, 0.25) is 15.9 Å². The molecule has 1 aliphatic carbocycles. The van der Waals surface area contributed by atoms with Crippen LogP contribution >= 0.6 is 0 Å². The Kier molecular flexibility index (Phi) is 6.49. The van der Waals surface area contributed by atoms with Crippen LogP contribution in [0.3, 0.4) is 0 Å². The van der Waals surface area contributed by atoms with Crippen molar-refractivity contribution < 1.29 is 13.2 Å². The van der Waals surface area contributed by atoms with Crippen molar-refractivity contribution in [2.24, 2.45) is 5.14 Å². The fraction of sp³-hybridized carbons (Fsp3) is 0.381. The number of sulfonamides is 1. The zero-order valence-corrected chi connectivity index (χ0v) is 16.9. The molecule has 1 amide bonds. The Balaban J connectivity index is 1.48. The summed E-state index contributed by atoms with van der Waals surface area (Å²) in [5, 5.41) is 8.04. The van der Waals surface area contributed by atoms with Crippen LogP contribution in [0.5, 0.6) is 0 Å². The molecule has 0 heterocycles. The number of nitrogens with two attached hydrogens (primary N) is 1. The number of benzene rings is 2. The monoisotopic (exact) mass is 401 g/mol. The van der Waals surface area contributed by atoms with Crippen LogP contribution in [0, 0.1) is 0 Å². The van der Waals surface area contributed by atoms with Crippen molar-refractivity contribution in [1.82, 2.24) is 10.2 Å². The maximum Gasteiger partial charge on any atom is 0.238 e. The molecule has 0 fully saturated rings. The minimum absolute atomic E-state index is 0.00768. The number of hydrogen-bond acceptors (Lipinski definition) is 4. The lowest BCUT2D eigenvalue weighted by atomic mass is 9.87. The smallest absolute Gasteiger partial charge is 0.238 e. The van der Waals surface area contributed by atoms with Gasteiger partial charge in [-0.15, -0.1) is 0 Å². The highest BCUT2D eigenvalue weighted by Crippen LogP contribution is 2.33. The number of nitrogens with one attached hydrogen (secondary N) is 1. The van der Waals surface area contributed by atoms with E-state index in [4.69, 9.17) is 5.14 Å². The molecule has 1 aliphatic rings. The van der Waals surface area contributed by atoms with Gasteiger partial charge in [0.05, 0.1) is 11.4 Å². The standard InChI is InChI=1S/C21H27N3O3S/c1-24(20-8-4-6-17-5-2-3-7-19(17)20)15-21(25)23-14-13-16-9-11-18(12-10-16)28(22,26)27/h2-3,5,7,9-12,20H,4,6,8,13-15H2,1H3,(H,23,25)(H2,22,26,27)/t20-/m1/s1. The first-order valence-corrected chi connectivity index (χ1v) is 11.1. The van der Waals surface area contributed by atoms with E-state index in [2.05, 4.69) is 34.5 Å². The maximum atomic E-state index is 12.3. The molecular weight excluding hydrogens is 374 g/mol. The molecule has 7 heteroatoms. The lowest BCUT2D eigenvalue weighted by Gasteiger charge is -2.32. The average molecular weight is 402 g/mol. The molecule has 28 heavy (non-hydrogen) atoms. The van der Waals surface area contributed by atoms with Gasteiger partial charge in [-0.3, -0.25) is 9.69 Å². The highest BCUT2D eigenvalue weighted by atomic mass is 32.2. The quantitative estimate of drug-likeness (QED) is 0.742. The van der Waals surface area contributed by atoms with E-state index in [9.17, 15) is 13.2 Å². The van der Waals surface area contributed by atoms with Crippen molar-refractivity contribution in [1.29, 1.82) is 0 Å². The normalized spacial score (nSPS) is 16.6. The van der Waals surface area contributed by atoms with Gasteiger partial charge >= 0.3 is 0 Å². The number of rotatable bonds is 7. The minimum atomic E-state index is -3.67. The van der Waals surface area contributed by atoms with Crippen molar-refractivity contribution >= 4 is 15.9 Å². The number of nitrogens with zero attached hydrogens (tertiary/aromatic N) is 1. The van der Waals surface area contributed by atoms with Gasteiger partial charge in [-0.2, -0.15) is 0 Å². The summed E-state index contributed by atoms with van der Waals surface area (Å²) in [7, 11) is -1.68. The van der Waals surface area contributed by atoms with Crippen LogP contribution in [0.1, 0.15) is 35.6 Å². The van der Waals surface area contributed by atoms with Crippen molar-refractivity contribution in [2.75, 3.05) is 20.1 Å². The molecule has 0 radical (unpaired) electrons. The van der Waals surface area contributed by atoms with Gasteiger partial charge < -0.3 is 5.32 Å². The highest BCUT2D eigenvalue weighted by molar-refractivity contribution is 7.89. The molecule has 150 valence electrons. The molecule has 0 bridgehead atoms. The highest BCUT2D eigenvalue weighted by Gasteiger charge is 2.24. The Bertz CT molecular complexity index is 926. The Morgan fingerprint density at radius 2 is 1.89 bits per heavy atom. The molecule has 0 saturated carbocycles. The van der Waals surface area contributed by atoms with Crippen molar-refractivity contribution in [3.05, 3.63) is 65.2 Å². The Labute approximate surface area is 166 Å². The summed E-state index contributed by atoms with van der Waals surface area (Å²) < 4.78 is 22.5. The third-order valence-corrected chi connectivity index (χ3v) is 6.18. The lowest BCUT2D eigenvalue weighted by molar-refractivity contribution is -0.122. The van der Waals surface area contributed by atoms with Gasteiger partial charge in [0, 0.05) is 12.6 Å². The molecule has 3 rings (SSSR count). The largest absolute Gasteiger partial charge is 0.355 e. The molecule has 0 unspecified atom stereocenters. The average Bonchev–Trinajstić information content (AvgIpc) is 2.67. The number of primary sulfonamides is 1. The van der Waals surface area contributed by atoms with Crippen LogP contribution in [0.25, 0.3) is 0 Å². The van der Waals surface area contributed by atoms with E-state index < -0.39 is 10.0 Å². The summed E-state index contributed by atoms with van der Waals surface area (Å²) in [5.41, 5.74) is 3.66. The third-order valence-electron chi connectivity index (χ3n) is 5.25. The van der Waals surface area contributed by atoms with Crippen LogP contribution < -0.4 is 10.5 Å². The van der Waals surface area contributed by atoms with Gasteiger partial charge in [0.25, 0.3) is 0 Å².